The lowest BCUT2D eigenvalue weighted by Crippen LogP contribution is -2.62. The van der Waals surface area contributed by atoms with Crippen LogP contribution in [0.3, 0.4) is 0 Å². The molecule has 0 spiro atoms. The zero-order valence-electron chi connectivity index (χ0n) is 48.8. The van der Waals surface area contributed by atoms with Crippen LogP contribution in [0.2, 0.25) is 0 Å². The summed E-state index contributed by atoms with van der Waals surface area (Å²) in [6, 6.07) is -4.01. The van der Waals surface area contributed by atoms with Crippen molar-refractivity contribution in [2.45, 2.75) is 259 Å². The molecule has 4 aliphatic carbocycles. The van der Waals surface area contributed by atoms with E-state index in [4.69, 9.17) is 9.47 Å². The summed E-state index contributed by atoms with van der Waals surface area (Å²) < 4.78 is 11.6. The first-order valence-electron chi connectivity index (χ1n) is 29.7. The minimum Gasteiger partial charge on any atom is -0.370 e. The van der Waals surface area contributed by atoms with E-state index < -0.39 is 59.2 Å². The normalized spacial score (nSPS) is 24.2. The molecule has 434 valence electrons. The van der Waals surface area contributed by atoms with Gasteiger partial charge in [0.25, 0.3) is 0 Å². The zero-order chi connectivity index (χ0) is 56.2. The van der Waals surface area contributed by atoms with Gasteiger partial charge in [-0.05, 0) is 159 Å². The molecule has 0 aromatic heterocycles. The third-order valence-electron chi connectivity index (χ3n) is 16.5. The number of hydrogen-bond acceptors (Lipinski definition) is 10. The van der Waals surface area contributed by atoms with Crippen molar-refractivity contribution in [3.8, 4) is 0 Å². The smallest absolute Gasteiger partial charge is 0.245 e. The summed E-state index contributed by atoms with van der Waals surface area (Å²) in [7, 11) is 0. The van der Waals surface area contributed by atoms with Crippen molar-refractivity contribution in [1.29, 1.82) is 0 Å². The van der Waals surface area contributed by atoms with Gasteiger partial charge in [-0.2, -0.15) is 0 Å². The third-order valence-corrected chi connectivity index (χ3v) is 16.5. The topological polar surface area (TPSA) is 243 Å². The number of hydrogen-bond donors (Lipinski definition) is 7. The second-order valence-electron chi connectivity index (χ2n) is 25.4. The van der Waals surface area contributed by atoms with Gasteiger partial charge < -0.3 is 46.7 Å². The Morgan fingerprint density at radius 2 is 0.961 bits per heavy atom. The van der Waals surface area contributed by atoms with Gasteiger partial charge in [-0.3, -0.25) is 38.4 Å². The molecule has 5 aliphatic rings. The number of rotatable bonds is 37. The molecule has 5 fully saturated rings. The Balaban J connectivity index is 1.09. The SMILES string of the molecule is CC[C@H](C)[C@H](NC(=O)CCCCCNC(=O)CCCCCNC(=O)CCCCCNC(=O)CC12CC3CC(CC(C3)C1)C2)C(=O)N[C@H](C(=O)N[C@H](C(=O)N[C@@H](CC(C)C)C(=O)[C@@]1(C)CO1)[C@@H](C)OC(C)(C)C)[C@@H](C)CC. The van der Waals surface area contributed by atoms with Crippen molar-refractivity contribution in [3.05, 3.63) is 0 Å². The molecule has 1 saturated heterocycles. The van der Waals surface area contributed by atoms with Crippen LogP contribution in [0.5, 0.6) is 0 Å². The van der Waals surface area contributed by atoms with Crippen molar-refractivity contribution in [2.75, 3.05) is 26.2 Å². The Morgan fingerprint density at radius 3 is 1.38 bits per heavy atom. The fourth-order valence-corrected chi connectivity index (χ4v) is 12.3. The van der Waals surface area contributed by atoms with E-state index in [9.17, 15) is 38.4 Å². The van der Waals surface area contributed by atoms with Crippen LogP contribution in [0.1, 0.15) is 217 Å². The lowest BCUT2D eigenvalue weighted by molar-refractivity contribution is -0.141. The number of ether oxygens (including phenoxy) is 2. The molecule has 1 heterocycles. The number of amides is 7. The molecular formula is C59H103N7O10. The molecule has 8 atom stereocenters. The number of unbranched alkanes of at least 4 members (excludes halogenated alkanes) is 6. The molecular weight excluding hydrogens is 967 g/mol. The third kappa shape index (κ3) is 22.0. The number of ketones is 1. The number of epoxide rings is 1. The minimum atomic E-state index is -1.21. The molecule has 0 unspecified atom stereocenters. The number of carbonyl (C=O) groups is 8. The van der Waals surface area contributed by atoms with Crippen molar-refractivity contribution >= 4 is 47.1 Å². The molecule has 4 bridgehead atoms. The van der Waals surface area contributed by atoms with E-state index in [1.54, 1.807) is 13.8 Å². The fraction of sp³-hybridized carbons (Fsp3) is 0.864. The molecule has 76 heavy (non-hydrogen) atoms. The minimum absolute atomic E-state index is 0.0235. The summed E-state index contributed by atoms with van der Waals surface area (Å²) in [6.45, 7) is 22.4. The van der Waals surface area contributed by atoms with Crippen LogP contribution in [-0.2, 0) is 47.8 Å². The van der Waals surface area contributed by atoms with Crippen LogP contribution in [0, 0.1) is 40.9 Å². The first kappa shape index (κ1) is 64.4. The molecule has 4 saturated carbocycles. The lowest BCUT2D eigenvalue weighted by atomic mass is 9.49. The highest BCUT2D eigenvalue weighted by Gasteiger charge is 2.52. The van der Waals surface area contributed by atoms with E-state index in [1.165, 1.54) is 38.5 Å². The molecule has 0 aromatic rings. The Bertz CT molecular complexity index is 1880. The molecule has 7 N–H and O–H groups in total. The maximum Gasteiger partial charge on any atom is 0.245 e. The lowest BCUT2D eigenvalue weighted by Gasteiger charge is -2.56. The maximum atomic E-state index is 14.2. The van der Waals surface area contributed by atoms with E-state index in [1.807, 2.05) is 62.3 Å². The molecule has 5 rings (SSSR count). The van der Waals surface area contributed by atoms with Gasteiger partial charge >= 0.3 is 0 Å². The van der Waals surface area contributed by atoms with E-state index in [0.29, 0.717) is 77.4 Å². The Kier molecular flexibility index (Phi) is 26.2. The van der Waals surface area contributed by atoms with E-state index >= 15 is 0 Å². The quantitative estimate of drug-likeness (QED) is 0.0243. The monoisotopic (exact) mass is 1070 g/mol. The highest BCUT2D eigenvalue weighted by molar-refractivity contribution is 5.99. The van der Waals surface area contributed by atoms with Crippen molar-refractivity contribution in [1.82, 2.24) is 37.2 Å². The Hall–Kier alpha value is -4.12. The average Bonchev–Trinajstić information content (AvgIpc) is 4.10. The Morgan fingerprint density at radius 1 is 0.553 bits per heavy atom. The van der Waals surface area contributed by atoms with Gasteiger partial charge in [-0.25, -0.2) is 0 Å². The number of Topliss-reactive ketones (excluding diaryl/α,β-unsaturated/α-hetero) is 1. The maximum absolute atomic E-state index is 14.2. The predicted octanol–water partition coefficient (Wildman–Crippen LogP) is 7.26. The summed E-state index contributed by atoms with van der Waals surface area (Å²) in [4.78, 5) is 107. The summed E-state index contributed by atoms with van der Waals surface area (Å²) in [5.74, 6) is 0.0856. The van der Waals surface area contributed by atoms with Crippen molar-refractivity contribution in [2.24, 2.45) is 40.9 Å². The van der Waals surface area contributed by atoms with Crippen LogP contribution in [0.4, 0.5) is 0 Å². The van der Waals surface area contributed by atoms with Crippen LogP contribution in [0.15, 0.2) is 0 Å². The second-order valence-corrected chi connectivity index (χ2v) is 25.4. The molecule has 0 aromatic carbocycles. The highest BCUT2D eigenvalue weighted by atomic mass is 16.6. The second kappa shape index (κ2) is 30.9. The number of carbonyl (C=O) groups excluding carboxylic acids is 8. The van der Waals surface area contributed by atoms with Crippen LogP contribution >= 0.6 is 0 Å². The first-order valence-corrected chi connectivity index (χ1v) is 29.7. The van der Waals surface area contributed by atoms with E-state index in [2.05, 4.69) is 37.2 Å². The zero-order valence-corrected chi connectivity index (χ0v) is 48.8. The standard InChI is InChI=1S/C59H103N7O10/c1-12-39(5)50(54(72)65-51(40(6)13-2)55(73)66-52(41(7)76-57(8,9)10)56(74)63-45(29-38(3)4)53(71)58(11)37-75-58)64-48(69)25-19-16-21-27-61-46(67)23-17-14-20-26-60-47(68)24-18-15-22-28-62-49(70)36-59-33-42-30-43(34-59)32-44(31-42)35-59/h38-45,50-52H,12-37H2,1-11H3,(H,60,68)(H,61,67)(H,62,70)(H,63,74)(H,64,69)(H,65,72)(H,66,73)/t39-,40-,41+,42?,43?,44?,45-,50-,51-,52-,58+,59?/m0/s1. The fourth-order valence-electron chi connectivity index (χ4n) is 12.3. The average molecular weight is 1070 g/mol. The van der Waals surface area contributed by atoms with Gasteiger partial charge in [0.15, 0.2) is 5.78 Å². The van der Waals surface area contributed by atoms with Crippen LogP contribution in [-0.4, -0.2) is 115 Å². The summed E-state index contributed by atoms with van der Waals surface area (Å²) in [5.41, 5.74) is -1.37. The molecule has 17 heteroatoms. The summed E-state index contributed by atoms with van der Waals surface area (Å²) >= 11 is 0. The van der Waals surface area contributed by atoms with Gasteiger partial charge in [0.05, 0.1) is 24.4 Å². The Labute approximate surface area is 456 Å². The van der Waals surface area contributed by atoms with Gasteiger partial charge in [0.1, 0.15) is 23.7 Å². The van der Waals surface area contributed by atoms with Crippen LogP contribution < -0.4 is 37.2 Å². The molecule has 1 aliphatic heterocycles. The number of nitrogens with one attached hydrogen (secondary N) is 7. The molecule has 7 amide bonds. The largest absolute Gasteiger partial charge is 0.370 e. The molecule has 17 nitrogen and oxygen atoms in total. The molecule has 0 radical (unpaired) electrons. The van der Waals surface area contributed by atoms with Gasteiger partial charge in [0, 0.05) is 45.3 Å². The summed E-state index contributed by atoms with van der Waals surface area (Å²) in [5, 5.41) is 20.7. The van der Waals surface area contributed by atoms with E-state index in [0.717, 1.165) is 56.3 Å². The van der Waals surface area contributed by atoms with Gasteiger partial charge in [-0.1, -0.05) is 73.6 Å². The van der Waals surface area contributed by atoms with E-state index in [-0.39, 0.29) is 65.6 Å². The van der Waals surface area contributed by atoms with Gasteiger partial charge in [-0.15, -0.1) is 0 Å². The predicted molar refractivity (Wildman–Crippen MR) is 295 cm³/mol. The highest BCUT2D eigenvalue weighted by Crippen LogP contribution is 2.61. The first-order chi connectivity index (χ1) is 35.9. The van der Waals surface area contributed by atoms with Crippen LogP contribution in [0.25, 0.3) is 0 Å². The van der Waals surface area contributed by atoms with Crippen molar-refractivity contribution in [3.63, 3.8) is 0 Å². The van der Waals surface area contributed by atoms with Gasteiger partial charge in [0.2, 0.25) is 41.4 Å². The summed E-state index contributed by atoms with van der Waals surface area (Å²) in [6.07, 6.45) is 17.3. The van der Waals surface area contributed by atoms with Crippen molar-refractivity contribution < 1.29 is 47.8 Å².